The molecule has 0 fully saturated rings. The zero-order valence-corrected chi connectivity index (χ0v) is 14.7. The van der Waals surface area contributed by atoms with E-state index in [2.05, 4.69) is 15.2 Å². The Kier molecular flexibility index (Phi) is 3.95. The van der Waals surface area contributed by atoms with Crippen LogP contribution in [-0.2, 0) is 13.2 Å². The van der Waals surface area contributed by atoms with Gasteiger partial charge in [-0.3, -0.25) is 4.98 Å². The summed E-state index contributed by atoms with van der Waals surface area (Å²) >= 11 is 0. The number of rotatable bonds is 3. The van der Waals surface area contributed by atoms with E-state index in [4.69, 9.17) is 4.74 Å². The Balaban J connectivity index is 1.79. The number of hydrogen-bond acceptors (Lipinski definition) is 5. The zero-order valence-electron chi connectivity index (χ0n) is 14.7. The van der Waals surface area contributed by atoms with Crippen LogP contribution in [0, 0.1) is 0 Å². The Bertz CT molecular complexity index is 1240. The lowest BCUT2D eigenvalue weighted by atomic mass is 10.2. The van der Waals surface area contributed by atoms with Gasteiger partial charge in [-0.25, -0.2) is 14.0 Å². The second-order valence-corrected chi connectivity index (χ2v) is 5.99. The van der Waals surface area contributed by atoms with Crippen LogP contribution >= 0.6 is 0 Å². The van der Waals surface area contributed by atoms with E-state index in [1.54, 1.807) is 24.4 Å². The summed E-state index contributed by atoms with van der Waals surface area (Å²) in [6.07, 6.45) is -0.898. The lowest BCUT2D eigenvalue weighted by Crippen LogP contribution is -2.21. The molecule has 0 saturated heterocycles. The van der Waals surface area contributed by atoms with Gasteiger partial charge in [-0.2, -0.15) is 23.0 Å². The van der Waals surface area contributed by atoms with Gasteiger partial charge >= 0.3 is 17.9 Å². The largest absolute Gasteiger partial charge is 0.467 e. The second-order valence-electron chi connectivity index (χ2n) is 5.99. The lowest BCUT2D eigenvalue weighted by molar-refractivity contribution is -0.137. The summed E-state index contributed by atoms with van der Waals surface area (Å²) < 4.78 is 47.5. The van der Waals surface area contributed by atoms with Crippen LogP contribution in [0.1, 0.15) is 5.56 Å². The smallest absolute Gasteiger partial charge is 0.417 e. The molecule has 1 aromatic carbocycles. The standard InChI is InChI=1S/C17H13F3N6O2/c1-24-15(28-2)23-26(16(24)27)12-3-4-14-10(5-12)9-25(22-14)13-6-11(7-21-8-13)17(18,19)20/h3-9H,1-2H3. The van der Waals surface area contributed by atoms with Gasteiger partial charge in [-0.15, -0.1) is 5.10 Å². The number of fused-ring (bicyclic) bond motifs is 1. The fourth-order valence-electron chi connectivity index (χ4n) is 2.75. The number of methoxy groups -OCH3 is 1. The van der Waals surface area contributed by atoms with Crippen molar-refractivity contribution in [1.29, 1.82) is 0 Å². The van der Waals surface area contributed by atoms with Crippen LogP contribution < -0.4 is 10.4 Å². The minimum Gasteiger partial charge on any atom is -0.467 e. The molecule has 0 amide bonds. The van der Waals surface area contributed by atoms with Gasteiger partial charge in [0.15, 0.2) is 0 Å². The van der Waals surface area contributed by atoms with Gasteiger partial charge in [-0.1, -0.05) is 0 Å². The Labute approximate surface area is 155 Å². The van der Waals surface area contributed by atoms with E-state index < -0.39 is 17.4 Å². The molecule has 0 bridgehead atoms. The summed E-state index contributed by atoms with van der Waals surface area (Å²) in [6, 6.07) is 6.06. The van der Waals surface area contributed by atoms with Gasteiger partial charge in [0.1, 0.15) is 0 Å². The molecule has 0 aliphatic heterocycles. The maximum absolute atomic E-state index is 12.9. The van der Waals surface area contributed by atoms with Crippen LogP contribution in [0.25, 0.3) is 22.3 Å². The molecule has 4 aromatic rings. The van der Waals surface area contributed by atoms with Gasteiger partial charge in [0.2, 0.25) is 0 Å². The third kappa shape index (κ3) is 2.90. The van der Waals surface area contributed by atoms with E-state index in [9.17, 15) is 18.0 Å². The van der Waals surface area contributed by atoms with E-state index in [0.717, 1.165) is 12.3 Å². The minimum absolute atomic E-state index is 0.149. The first-order chi connectivity index (χ1) is 13.3. The van der Waals surface area contributed by atoms with Gasteiger partial charge < -0.3 is 4.74 Å². The maximum atomic E-state index is 12.9. The molecular formula is C17H13F3N6O2. The Hall–Kier alpha value is -3.63. The highest BCUT2D eigenvalue weighted by Crippen LogP contribution is 2.30. The fraction of sp³-hybridized carbons (Fsp3) is 0.176. The predicted molar refractivity (Wildman–Crippen MR) is 92.8 cm³/mol. The van der Waals surface area contributed by atoms with Crippen LogP contribution in [0.5, 0.6) is 6.01 Å². The van der Waals surface area contributed by atoms with Crippen molar-refractivity contribution in [1.82, 2.24) is 29.1 Å². The fourth-order valence-corrected chi connectivity index (χ4v) is 2.75. The number of aromatic nitrogens is 6. The molecule has 0 spiro atoms. The Morgan fingerprint density at radius 2 is 1.86 bits per heavy atom. The topological polar surface area (TPSA) is 79.8 Å². The maximum Gasteiger partial charge on any atom is 0.417 e. The van der Waals surface area contributed by atoms with Crippen molar-refractivity contribution in [2.75, 3.05) is 7.11 Å². The minimum atomic E-state index is -4.50. The third-order valence-electron chi connectivity index (χ3n) is 4.17. The molecule has 3 heterocycles. The van der Waals surface area contributed by atoms with E-state index in [1.807, 2.05) is 0 Å². The van der Waals surface area contributed by atoms with Crippen LogP contribution in [-0.4, -0.2) is 36.2 Å². The number of ether oxygens (including phenoxy) is 1. The van der Waals surface area contributed by atoms with Crippen molar-refractivity contribution < 1.29 is 17.9 Å². The van der Waals surface area contributed by atoms with E-state index in [1.165, 1.54) is 34.3 Å². The molecular weight excluding hydrogens is 377 g/mol. The zero-order chi connectivity index (χ0) is 20.1. The highest BCUT2D eigenvalue weighted by atomic mass is 19.4. The molecule has 8 nitrogen and oxygen atoms in total. The van der Waals surface area contributed by atoms with Crippen LogP contribution in [0.3, 0.4) is 0 Å². The normalized spacial score (nSPS) is 11.9. The van der Waals surface area contributed by atoms with E-state index in [-0.39, 0.29) is 11.7 Å². The highest BCUT2D eigenvalue weighted by Gasteiger charge is 2.31. The molecule has 4 rings (SSSR count). The average molecular weight is 390 g/mol. The van der Waals surface area contributed by atoms with E-state index >= 15 is 0 Å². The number of benzene rings is 1. The van der Waals surface area contributed by atoms with Crippen molar-refractivity contribution >= 4 is 10.9 Å². The Morgan fingerprint density at radius 3 is 2.54 bits per heavy atom. The molecule has 3 aromatic heterocycles. The molecule has 0 radical (unpaired) electrons. The summed E-state index contributed by atoms with van der Waals surface area (Å²) in [5, 5.41) is 8.98. The lowest BCUT2D eigenvalue weighted by Gasteiger charge is -2.07. The number of halogens is 3. The molecule has 0 N–H and O–H groups in total. The van der Waals surface area contributed by atoms with Crippen LogP contribution in [0.4, 0.5) is 13.2 Å². The summed E-state index contributed by atoms with van der Waals surface area (Å²) in [7, 11) is 2.93. The highest BCUT2D eigenvalue weighted by molar-refractivity contribution is 5.80. The number of hydrogen-bond donors (Lipinski definition) is 0. The average Bonchev–Trinajstić information content (AvgIpc) is 3.22. The quantitative estimate of drug-likeness (QED) is 0.537. The molecule has 11 heteroatoms. The molecule has 144 valence electrons. The monoisotopic (exact) mass is 390 g/mol. The van der Waals surface area contributed by atoms with Crippen molar-refractivity contribution in [2.24, 2.45) is 7.05 Å². The first kappa shape index (κ1) is 17.8. The van der Waals surface area contributed by atoms with E-state index in [0.29, 0.717) is 16.6 Å². The second kappa shape index (κ2) is 6.22. The van der Waals surface area contributed by atoms with Gasteiger partial charge in [0.05, 0.1) is 35.8 Å². The molecule has 0 unspecified atom stereocenters. The van der Waals surface area contributed by atoms with Crippen molar-refractivity contribution in [2.45, 2.75) is 6.18 Å². The molecule has 28 heavy (non-hydrogen) atoms. The Morgan fingerprint density at radius 1 is 1.07 bits per heavy atom. The van der Waals surface area contributed by atoms with Crippen molar-refractivity contribution in [3.8, 4) is 17.4 Å². The summed E-state index contributed by atoms with van der Waals surface area (Å²) in [4.78, 5) is 15.9. The van der Waals surface area contributed by atoms with Crippen LogP contribution in [0.15, 0.2) is 47.7 Å². The van der Waals surface area contributed by atoms with Gasteiger partial charge in [-0.05, 0) is 24.3 Å². The third-order valence-corrected chi connectivity index (χ3v) is 4.17. The summed E-state index contributed by atoms with van der Waals surface area (Å²) in [5.74, 6) is 0. The number of alkyl halides is 3. The van der Waals surface area contributed by atoms with Crippen molar-refractivity contribution in [3.63, 3.8) is 0 Å². The molecule has 0 aliphatic rings. The van der Waals surface area contributed by atoms with Crippen molar-refractivity contribution in [3.05, 3.63) is 58.9 Å². The van der Waals surface area contributed by atoms with Gasteiger partial charge in [0, 0.05) is 24.8 Å². The molecule has 0 aliphatic carbocycles. The first-order valence-electron chi connectivity index (χ1n) is 8.00. The SMILES string of the molecule is COc1nn(-c2ccc3nn(-c4cncc(C(F)(F)F)c4)cc3c2)c(=O)n1C. The summed E-state index contributed by atoms with van der Waals surface area (Å²) in [6.45, 7) is 0. The first-order valence-corrected chi connectivity index (χ1v) is 8.00. The molecule has 0 atom stereocenters. The molecule has 0 saturated carbocycles. The summed E-state index contributed by atoms with van der Waals surface area (Å²) in [5.41, 5.74) is -0.0810. The predicted octanol–water partition coefficient (Wildman–Crippen LogP) is 2.33. The number of nitrogens with zero attached hydrogens (tertiary/aromatic N) is 6. The number of pyridine rings is 1. The van der Waals surface area contributed by atoms with Crippen LogP contribution in [0.2, 0.25) is 0 Å². The van der Waals surface area contributed by atoms with Gasteiger partial charge in [0.25, 0.3) is 0 Å².